The zero-order chi connectivity index (χ0) is 17.2. The lowest BCUT2D eigenvalue weighted by atomic mass is 10.0. The maximum Gasteiger partial charge on any atom is 0.253 e. The molecule has 1 saturated heterocycles. The number of amides is 1. The van der Waals surface area contributed by atoms with Gasteiger partial charge in [-0.1, -0.05) is 18.2 Å². The van der Waals surface area contributed by atoms with Crippen molar-refractivity contribution in [2.75, 3.05) is 20.1 Å². The minimum Gasteiger partial charge on any atom is -0.339 e. The molecule has 0 atom stereocenters. The Morgan fingerprint density at radius 2 is 1.84 bits per heavy atom. The molecule has 5 nitrogen and oxygen atoms in total. The number of benzene rings is 2. The molecule has 1 amide bonds. The van der Waals surface area contributed by atoms with E-state index >= 15 is 0 Å². The summed E-state index contributed by atoms with van der Waals surface area (Å²) in [5, 5.41) is 9.02. The molecule has 0 bridgehead atoms. The quantitative estimate of drug-likeness (QED) is 0.801. The summed E-state index contributed by atoms with van der Waals surface area (Å²) in [5.41, 5.74) is 2.65. The van der Waals surface area contributed by atoms with Crippen molar-refractivity contribution in [2.45, 2.75) is 18.9 Å². The Kier molecular flexibility index (Phi) is 4.24. The molecule has 2 aromatic carbocycles. The van der Waals surface area contributed by atoms with Crippen LogP contribution in [-0.4, -0.2) is 46.8 Å². The molecule has 2 heterocycles. The van der Waals surface area contributed by atoms with Crippen molar-refractivity contribution in [3.05, 3.63) is 60.3 Å². The normalized spacial score (nSPS) is 15.4. The smallest absolute Gasteiger partial charge is 0.253 e. The molecule has 5 heteroatoms. The average Bonchev–Trinajstić information content (AvgIpc) is 3.12. The van der Waals surface area contributed by atoms with E-state index in [4.69, 9.17) is 0 Å². The SMILES string of the molecule is CN(C(=O)c1ccc(-n2cc3ccccc3n2)cc1)C1CCNCC1. The Labute approximate surface area is 147 Å². The van der Waals surface area contributed by atoms with Crippen LogP contribution in [0.2, 0.25) is 0 Å². The molecular weight excluding hydrogens is 312 g/mol. The minimum absolute atomic E-state index is 0.0871. The highest BCUT2D eigenvalue weighted by Crippen LogP contribution is 2.18. The van der Waals surface area contributed by atoms with Gasteiger partial charge in [-0.15, -0.1) is 0 Å². The molecule has 0 saturated carbocycles. The van der Waals surface area contributed by atoms with Crippen LogP contribution < -0.4 is 5.32 Å². The van der Waals surface area contributed by atoms with E-state index in [9.17, 15) is 4.79 Å². The molecular formula is C20H22N4O. The number of fused-ring (bicyclic) bond motifs is 1. The summed E-state index contributed by atoms with van der Waals surface area (Å²) in [6.45, 7) is 1.96. The zero-order valence-corrected chi connectivity index (χ0v) is 14.4. The Morgan fingerprint density at radius 1 is 1.12 bits per heavy atom. The summed E-state index contributed by atoms with van der Waals surface area (Å²) in [4.78, 5) is 14.6. The van der Waals surface area contributed by atoms with Crippen molar-refractivity contribution in [1.29, 1.82) is 0 Å². The predicted octanol–water partition coefficient (Wildman–Crippen LogP) is 2.85. The Bertz CT molecular complexity index is 845. The van der Waals surface area contributed by atoms with E-state index in [1.165, 1.54) is 0 Å². The molecule has 1 aromatic heterocycles. The number of hydrogen-bond donors (Lipinski definition) is 1. The van der Waals surface area contributed by atoms with Gasteiger partial charge in [0.25, 0.3) is 5.91 Å². The van der Waals surface area contributed by atoms with Gasteiger partial charge < -0.3 is 10.2 Å². The summed E-state index contributed by atoms with van der Waals surface area (Å²) >= 11 is 0. The summed E-state index contributed by atoms with van der Waals surface area (Å²) in [7, 11) is 1.91. The van der Waals surface area contributed by atoms with Crippen molar-refractivity contribution in [3.8, 4) is 5.69 Å². The lowest BCUT2D eigenvalue weighted by Crippen LogP contribution is -2.43. The predicted molar refractivity (Wildman–Crippen MR) is 99.1 cm³/mol. The van der Waals surface area contributed by atoms with Gasteiger partial charge in [-0.2, -0.15) is 5.10 Å². The Morgan fingerprint density at radius 3 is 2.56 bits per heavy atom. The van der Waals surface area contributed by atoms with Gasteiger partial charge in [0, 0.05) is 30.2 Å². The van der Waals surface area contributed by atoms with Gasteiger partial charge >= 0.3 is 0 Å². The number of rotatable bonds is 3. The number of carbonyl (C=O) groups is 1. The number of carbonyl (C=O) groups excluding carboxylic acids is 1. The first-order valence-electron chi connectivity index (χ1n) is 8.75. The van der Waals surface area contributed by atoms with E-state index in [0.717, 1.165) is 48.1 Å². The summed E-state index contributed by atoms with van der Waals surface area (Å²) in [5.74, 6) is 0.0871. The van der Waals surface area contributed by atoms with Crippen LogP contribution >= 0.6 is 0 Å². The lowest BCUT2D eigenvalue weighted by Gasteiger charge is -2.31. The molecule has 0 spiro atoms. The second-order valence-electron chi connectivity index (χ2n) is 6.58. The number of nitrogens with zero attached hydrogens (tertiary/aromatic N) is 3. The fourth-order valence-corrected chi connectivity index (χ4v) is 3.42. The van der Waals surface area contributed by atoms with E-state index in [1.54, 1.807) is 0 Å². The van der Waals surface area contributed by atoms with Crippen LogP contribution in [0.15, 0.2) is 54.7 Å². The van der Waals surface area contributed by atoms with Crippen LogP contribution in [0.3, 0.4) is 0 Å². The number of nitrogens with one attached hydrogen (secondary N) is 1. The fraction of sp³-hybridized carbons (Fsp3) is 0.300. The van der Waals surface area contributed by atoms with Crippen LogP contribution in [0, 0.1) is 0 Å². The monoisotopic (exact) mass is 334 g/mol. The minimum atomic E-state index is 0.0871. The third kappa shape index (κ3) is 3.15. The maximum absolute atomic E-state index is 12.7. The van der Waals surface area contributed by atoms with Crippen LogP contribution in [-0.2, 0) is 0 Å². The highest BCUT2D eigenvalue weighted by atomic mass is 16.2. The van der Waals surface area contributed by atoms with Crippen molar-refractivity contribution in [2.24, 2.45) is 0 Å². The Hall–Kier alpha value is -2.66. The average molecular weight is 334 g/mol. The molecule has 25 heavy (non-hydrogen) atoms. The second-order valence-corrected chi connectivity index (χ2v) is 6.58. The molecule has 128 valence electrons. The van der Waals surface area contributed by atoms with Crippen molar-refractivity contribution in [1.82, 2.24) is 20.0 Å². The third-order valence-electron chi connectivity index (χ3n) is 4.97. The molecule has 1 N–H and O–H groups in total. The van der Waals surface area contributed by atoms with Crippen molar-refractivity contribution in [3.63, 3.8) is 0 Å². The third-order valence-corrected chi connectivity index (χ3v) is 4.97. The van der Waals surface area contributed by atoms with Gasteiger partial charge in [-0.3, -0.25) is 4.79 Å². The van der Waals surface area contributed by atoms with E-state index in [-0.39, 0.29) is 5.91 Å². The zero-order valence-electron chi connectivity index (χ0n) is 14.4. The number of piperidine rings is 1. The molecule has 1 fully saturated rings. The van der Waals surface area contributed by atoms with Crippen molar-refractivity contribution >= 4 is 16.8 Å². The van der Waals surface area contributed by atoms with E-state index < -0.39 is 0 Å². The summed E-state index contributed by atoms with van der Waals surface area (Å²) < 4.78 is 1.86. The summed E-state index contributed by atoms with van der Waals surface area (Å²) in [6, 6.07) is 16.0. The molecule has 1 aliphatic heterocycles. The first-order chi connectivity index (χ1) is 12.2. The van der Waals surface area contributed by atoms with E-state index in [0.29, 0.717) is 6.04 Å². The first kappa shape index (κ1) is 15.8. The standard InChI is InChI=1S/C20H22N4O/c1-23(17-10-12-21-13-11-17)20(25)15-6-8-18(9-7-15)24-14-16-4-2-3-5-19(16)22-24/h2-9,14,17,21H,10-13H2,1H3. The van der Waals surface area contributed by atoms with E-state index in [2.05, 4.69) is 10.4 Å². The molecule has 4 rings (SSSR count). The second kappa shape index (κ2) is 6.69. The van der Waals surface area contributed by atoms with E-state index in [1.807, 2.05) is 71.4 Å². The topological polar surface area (TPSA) is 50.2 Å². The molecule has 0 aliphatic carbocycles. The van der Waals surface area contributed by atoms with Crippen molar-refractivity contribution < 1.29 is 4.79 Å². The fourth-order valence-electron chi connectivity index (χ4n) is 3.42. The van der Waals surface area contributed by atoms with Crippen LogP contribution in [0.4, 0.5) is 0 Å². The first-order valence-corrected chi connectivity index (χ1v) is 8.75. The molecule has 0 unspecified atom stereocenters. The molecule has 3 aromatic rings. The lowest BCUT2D eigenvalue weighted by molar-refractivity contribution is 0.0703. The molecule has 0 radical (unpaired) electrons. The van der Waals surface area contributed by atoms with Gasteiger partial charge in [0.05, 0.1) is 11.2 Å². The maximum atomic E-state index is 12.7. The highest BCUT2D eigenvalue weighted by molar-refractivity contribution is 5.94. The Balaban J connectivity index is 1.53. The van der Waals surface area contributed by atoms with Gasteiger partial charge in [-0.25, -0.2) is 4.68 Å². The number of aromatic nitrogens is 2. The summed E-state index contributed by atoms with van der Waals surface area (Å²) in [6.07, 6.45) is 4.04. The largest absolute Gasteiger partial charge is 0.339 e. The van der Waals surface area contributed by atoms with Gasteiger partial charge in [-0.05, 0) is 56.3 Å². The molecule has 1 aliphatic rings. The van der Waals surface area contributed by atoms with Gasteiger partial charge in [0.1, 0.15) is 0 Å². The van der Waals surface area contributed by atoms with Crippen LogP contribution in [0.5, 0.6) is 0 Å². The van der Waals surface area contributed by atoms with Crippen LogP contribution in [0.1, 0.15) is 23.2 Å². The highest BCUT2D eigenvalue weighted by Gasteiger charge is 2.22. The van der Waals surface area contributed by atoms with Crippen LogP contribution in [0.25, 0.3) is 16.6 Å². The van der Waals surface area contributed by atoms with Gasteiger partial charge in [0.2, 0.25) is 0 Å². The van der Waals surface area contributed by atoms with Gasteiger partial charge in [0.15, 0.2) is 0 Å². The number of hydrogen-bond acceptors (Lipinski definition) is 3.